The molecule has 0 atom stereocenters. The predicted octanol–water partition coefficient (Wildman–Crippen LogP) is 5.43. The largest absolute Gasteiger partial charge is 0.388 e. The zero-order valence-electron chi connectivity index (χ0n) is 20.1. The summed E-state index contributed by atoms with van der Waals surface area (Å²) in [5, 5.41) is 10.2. The van der Waals surface area contributed by atoms with E-state index in [0.717, 1.165) is 33.7 Å². The van der Waals surface area contributed by atoms with Crippen molar-refractivity contribution in [3.05, 3.63) is 104 Å². The van der Waals surface area contributed by atoms with Crippen molar-refractivity contribution in [2.45, 2.75) is 0 Å². The van der Waals surface area contributed by atoms with Crippen molar-refractivity contribution in [1.29, 1.82) is 0 Å². The van der Waals surface area contributed by atoms with Crippen LogP contribution in [-0.4, -0.2) is 39.2 Å². The summed E-state index contributed by atoms with van der Waals surface area (Å²) in [5.41, 5.74) is 5.45. The normalized spacial score (nSPS) is 10.1. The number of allylic oxidation sites excluding steroid dienone is 1. The molecule has 184 valence electrons. The van der Waals surface area contributed by atoms with E-state index in [9.17, 15) is 4.79 Å². The van der Waals surface area contributed by atoms with Gasteiger partial charge in [0.15, 0.2) is 0 Å². The third kappa shape index (κ3) is 6.43. The van der Waals surface area contributed by atoms with Crippen molar-refractivity contribution in [2.75, 3.05) is 23.0 Å². The maximum Gasteiger partial charge on any atom is 0.255 e. The minimum Gasteiger partial charge on any atom is -0.388 e. The van der Waals surface area contributed by atoms with E-state index in [2.05, 4.69) is 42.5 Å². The van der Waals surface area contributed by atoms with Crippen LogP contribution in [0.5, 0.6) is 0 Å². The van der Waals surface area contributed by atoms with Crippen LogP contribution in [0.4, 0.5) is 23.0 Å². The lowest BCUT2D eigenvalue weighted by molar-refractivity contribution is -0.104. The van der Waals surface area contributed by atoms with E-state index < -0.39 is 0 Å². The number of pyridine rings is 1. The molecule has 0 aliphatic rings. The van der Waals surface area contributed by atoms with Gasteiger partial charge in [-0.15, -0.1) is 0 Å². The van der Waals surface area contributed by atoms with Crippen molar-refractivity contribution in [3.8, 4) is 11.3 Å². The molecule has 9 heteroatoms. The number of nitrogens with one attached hydrogen (secondary N) is 4. The topological polar surface area (TPSA) is 125 Å². The molecule has 5 rings (SSSR count). The second kappa shape index (κ2) is 11.9. The third-order valence-corrected chi connectivity index (χ3v) is 5.26. The fraction of sp³-hybridized carbons (Fsp3) is 0.0357. The Bertz CT molecular complexity index is 1520. The minimum absolute atomic E-state index is 0.180. The summed E-state index contributed by atoms with van der Waals surface area (Å²) in [5.74, 6) is 0.272. The zero-order chi connectivity index (χ0) is 26.0. The van der Waals surface area contributed by atoms with Crippen LogP contribution in [0.2, 0.25) is 0 Å². The van der Waals surface area contributed by atoms with Gasteiger partial charge in [-0.2, -0.15) is 0 Å². The van der Waals surface area contributed by atoms with Gasteiger partial charge in [0, 0.05) is 59.2 Å². The van der Waals surface area contributed by atoms with Crippen LogP contribution >= 0.6 is 0 Å². The molecule has 9 nitrogen and oxygen atoms in total. The number of carbonyl (C=O) groups is 2. The second-order valence-electron chi connectivity index (χ2n) is 7.76. The summed E-state index contributed by atoms with van der Waals surface area (Å²) >= 11 is 0. The summed E-state index contributed by atoms with van der Waals surface area (Å²) in [4.78, 5) is 38.1. The van der Waals surface area contributed by atoms with Crippen LogP contribution in [0.1, 0.15) is 10.4 Å². The van der Waals surface area contributed by atoms with E-state index in [1.165, 1.54) is 6.08 Å². The Morgan fingerprint density at radius 1 is 0.973 bits per heavy atom. The summed E-state index contributed by atoms with van der Waals surface area (Å²) in [6.45, 7) is 3.11. The maximum absolute atomic E-state index is 12.6. The Morgan fingerprint density at radius 3 is 2.51 bits per heavy atom. The SMILES string of the molecule is C=CC=O.CNc1ccc(C(=O)Nc2cccc(Nc3nccc(-c4cnc5[nH]ccc5c4)n3)c2)cc1. The van der Waals surface area contributed by atoms with Gasteiger partial charge in [0.2, 0.25) is 5.95 Å². The van der Waals surface area contributed by atoms with Gasteiger partial charge < -0.3 is 20.9 Å². The van der Waals surface area contributed by atoms with Gasteiger partial charge in [0.05, 0.1) is 5.69 Å². The number of fused-ring (bicyclic) bond motifs is 1. The first kappa shape index (κ1) is 24.8. The molecular weight excluding hydrogens is 466 g/mol. The number of rotatable bonds is 7. The number of carbonyl (C=O) groups excluding carboxylic acids is 2. The van der Waals surface area contributed by atoms with Gasteiger partial charge >= 0.3 is 0 Å². The molecule has 0 aliphatic heterocycles. The molecule has 2 aromatic carbocycles. The quantitative estimate of drug-likeness (QED) is 0.177. The van der Waals surface area contributed by atoms with E-state index >= 15 is 0 Å². The number of H-pyrrole nitrogens is 1. The Kier molecular flexibility index (Phi) is 7.97. The summed E-state index contributed by atoms with van der Waals surface area (Å²) < 4.78 is 0. The highest BCUT2D eigenvalue weighted by atomic mass is 16.1. The maximum atomic E-state index is 12.6. The Labute approximate surface area is 213 Å². The zero-order valence-corrected chi connectivity index (χ0v) is 20.1. The van der Waals surface area contributed by atoms with Crippen molar-refractivity contribution in [1.82, 2.24) is 19.9 Å². The Balaban J connectivity index is 0.000000747. The van der Waals surface area contributed by atoms with Crippen LogP contribution in [-0.2, 0) is 4.79 Å². The number of amides is 1. The van der Waals surface area contributed by atoms with E-state index in [4.69, 9.17) is 4.79 Å². The molecule has 0 aliphatic carbocycles. The molecule has 1 amide bonds. The van der Waals surface area contributed by atoms with Crippen LogP contribution in [0.15, 0.2) is 98.0 Å². The molecule has 0 bridgehead atoms. The standard InChI is InChI=1S/C25H21N7O.C3H4O/c1-26-19-7-5-16(6-8-19)24(33)30-20-3-2-4-21(14-20)31-25-28-12-10-22(32-25)18-13-17-9-11-27-23(17)29-15-18;1-2-3-4/h2-15,26H,1H3,(H,27,29)(H,30,33)(H,28,31,32);2-3H,1H2. The first-order valence-electron chi connectivity index (χ1n) is 11.4. The number of anilines is 4. The Morgan fingerprint density at radius 2 is 1.76 bits per heavy atom. The monoisotopic (exact) mass is 491 g/mol. The van der Waals surface area contributed by atoms with Crippen molar-refractivity contribution < 1.29 is 9.59 Å². The lowest BCUT2D eigenvalue weighted by atomic mass is 10.2. The lowest BCUT2D eigenvalue weighted by Gasteiger charge is -2.10. The molecule has 5 aromatic rings. The molecule has 4 N–H and O–H groups in total. The number of nitrogens with zero attached hydrogens (tertiary/aromatic N) is 3. The average molecular weight is 492 g/mol. The second-order valence-corrected chi connectivity index (χ2v) is 7.76. The first-order chi connectivity index (χ1) is 18.1. The number of hydrogen-bond donors (Lipinski definition) is 4. The number of aromatic nitrogens is 4. The third-order valence-electron chi connectivity index (χ3n) is 5.26. The first-order valence-corrected chi connectivity index (χ1v) is 11.4. The molecule has 0 fully saturated rings. The van der Waals surface area contributed by atoms with E-state index in [0.29, 0.717) is 23.5 Å². The molecule has 0 unspecified atom stereocenters. The molecule has 3 heterocycles. The van der Waals surface area contributed by atoms with E-state index in [-0.39, 0.29) is 5.91 Å². The average Bonchev–Trinajstić information content (AvgIpc) is 3.42. The predicted molar refractivity (Wildman–Crippen MR) is 147 cm³/mol. The molecule has 37 heavy (non-hydrogen) atoms. The molecule has 0 radical (unpaired) electrons. The van der Waals surface area contributed by atoms with Gasteiger partial charge in [0.1, 0.15) is 11.9 Å². The smallest absolute Gasteiger partial charge is 0.255 e. The summed E-state index contributed by atoms with van der Waals surface area (Å²) in [6, 6.07) is 20.5. The fourth-order valence-electron chi connectivity index (χ4n) is 3.45. The fourth-order valence-corrected chi connectivity index (χ4v) is 3.45. The number of aromatic amines is 1. The van der Waals surface area contributed by atoms with Gasteiger partial charge in [-0.05, 0) is 66.7 Å². The Hall–Kier alpha value is -5.31. The highest BCUT2D eigenvalue weighted by Gasteiger charge is 2.08. The van der Waals surface area contributed by atoms with Crippen LogP contribution in [0.25, 0.3) is 22.3 Å². The highest BCUT2D eigenvalue weighted by Crippen LogP contribution is 2.23. The van der Waals surface area contributed by atoms with Gasteiger partial charge in [-0.25, -0.2) is 15.0 Å². The van der Waals surface area contributed by atoms with Gasteiger partial charge in [0.25, 0.3) is 5.91 Å². The van der Waals surface area contributed by atoms with Crippen molar-refractivity contribution >= 4 is 46.2 Å². The van der Waals surface area contributed by atoms with E-state index in [1.54, 1.807) is 24.5 Å². The highest BCUT2D eigenvalue weighted by molar-refractivity contribution is 6.04. The van der Waals surface area contributed by atoms with Gasteiger partial charge in [-0.3, -0.25) is 9.59 Å². The summed E-state index contributed by atoms with van der Waals surface area (Å²) in [7, 11) is 1.84. The van der Waals surface area contributed by atoms with Crippen molar-refractivity contribution in [2.24, 2.45) is 0 Å². The number of aldehydes is 1. The number of benzene rings is 2. The summed E-state index contributed by atoms with van der Waals surface area (Å²) in [6.07, 6.45) is 7.17. The van der Waals surface area contributed by atoms with Crippen LogP contribution in [0.3, 0.4) is 0 Å². The molecule has 3 aromatic heterocycles. The van der Waals surface area contributed by atoms with Gasteiger partial charge in [-0.1, -0.05) is 12.6 Å². The molecular formula is C28H25N7O2. The van der Waals surface area contributed by atoms with Crippen LogP contribution < -0.4 is 16.0 Å². The molecule has 0 saturated heterocycles. The number of hydrogen-bond acceptors (Lipinski definition) is 7. The molecule has 0 saturated carbocycles. The minimum atomic E-state index is -0.180. The van der Waals surface area contributed by atoms with E-state index in [1.807, 2.05) is 67.8 Å². The van der Waals surface area contributed by atoms with Crippen LogP contribution in [0, 0.1) is 0 Å². The molecule has 0 spiro atoms. The van der Waals surface area contributed by atoms with Crippen molar-refractivity contribution in [3.63, 3.8) is 0 Å². The lowest BCUT2D eigenvalue weighted by Crippen LogP contribution is -2.12.